The average molecular weight is 381 g/mol. The van der Waals surface area contributed by atoms with Crippen LogP contribution in [0.3, 0.4) is 0 Å². The van der Waals surface area contributed by atoms with Gasteiger partial charge in [-0.3, -0.25) is 0 Å². The van der Waals surface area contributed by atoms with Gasteiger partial charge < -0.3 is 4.74 Å². The van der Waals surface area contributed by atoms with Crippen LogP contribution in [0.2, 0.25) is 0 Å². The summed E-state index contributed by atoms with van der Waals surface area (Å²) >= 11 is 3.55. The Kier molecular flexibility index (Phi) is 4.96. The Hall–Kier alpha value is -1.91. The summed E-state index contributed by atoms with van der Waals surface area (Å²) in [4.78, 5) is 13.5. The lowest BCUT2D eigenvalue weighted by Crippen LogP contribution is -2.15. The van der Waals surface area contributed by atoms with Crippen LogP contribution in [0, 0.1) is 0 Å². The van der Waals surface area contributed by atoms with Gasteiger partial charge in [-0.25, -0.2) is 4.79 Å². The summed E-state index contributed by atoms with van der Waals surface area (Å²) in [5.41, 5.74) is 5.72. The standard InChI is InChI=1S/C22H20O2S2/c1-24-22(23)21-17-10-11-26-13-19(17)18(12-20(21)25-2)16-9-5-7-14-6-3-4-8-15(14)16/h3-9,12H,10-11,13H2,1-2H3. The van der Waals surface area contributed by atoms with Crippen molar-refractivity contribution in [2.24, 2.45) is 0 Å². The molecule has 0 unspecified atom stereocenters. The summed E-state index contributed by atoms with van der Waals surface area (Å²) < 4.78 is 5.10. The lowest BCUT2D eigenvalue weighted by atomic mass is 9.89. The molecular weight excluding hydrogens is 360 g/mol. The van der Waals surface area contributed by atoms with Crippen molar-refractivity contribution in [2.75, 3.05) is 19.1 Å². The number of esters is 1. The Morgan fingerprint density at radius 1 is 1.08 bits per heavy atom. The third-order valence-electron chi connectivity index (χ3n) is 4.95. The fraction of sp³-hybridized carbons (Fsp3) is 0.227. The predicted octanol–water partition coefficient (Wildman–Crippen LogP) is 5.80. The second kappa shape index (κ2) is 7.37. The molecule has 0 bridgehead atoms. The van der Waals surface area contributed by atoms with Crippen molar-refractivity contribution in [3.63, 3.8) is 0 Å². The Morgan fingerprint density at radius 2 is 1.88 bits per heavy atom. The van der Waals surface area contributed by atoms with E-state index in [4.69, 9.17) is 4.74 Å². The average Bonchev–Trinajstić information content (AvgIpc) is 2.71. The van der Waals surface area contributed by atoms with Gasteiger partial charge >= 0.3 is 5.97 Å². The van der Waals surface area contributed by atoms with Crippen LogP contribution in [0.15, 0.2) is 53.4 Å². The zero-order valence-electron chi connectivity index (χ0n) is 14.9. The number of rotatable bonds is 3. The van der Waals surface area contributed by atoms with Crippen LogP contribution in [-0.4, -0.2) is 25.1 Å². The molecule has 132 valence electrons. The highest BCUT2D eigenvalue weighted by Gasteiger charge is 2.26. The Balaban J connectivity index is 2.04. The quantitative estimate of drug-likeness (QED) is 0.423. The number of hydrogen-bond donors (Lipinski definition) is 0. The van der Waals surface area contributed by atoms with Crippen LogP contribution in [0.25, 0.3) is 21.9 Å². The zero-order valence-corrected chi connectivity index (χ0v) is 16.5. The second-order valence-electron chi connectivity index (χ2n) is 6.28. The number of ether oxygens (including phenoxy) is 1. The second-order valence-corrected chi connectivity index (χ2v) is 8.23. The summed E-state index contributed by atoms with van der Waals surface area (Å²) in [5, 5.41) is 2.50. The highest BCUT2D eigenvalue weighted by Crippen LogP contribution is 2.42. The summed E-state index contributed by atoms with van der Waals surface area (Å²) in [6, 6.07) is 17.1. The van der Waals surface area contributed by atoms with E-state index >= 15 is 0 Å². The molecular formula is C22H20O2S2. The molecule has 0 saturated heterocycles. The summed E-state index contributed by atoms with van der Waals surface area (Å²) in [6.07, 6.45) is 2.94. The van der Waals surface area contributed by atoms with Gasteiger partial charge in [-0.1, -0.05) is 42.5 Å². The molecule has 4 rings (SSSR count). The molecule has 0 saturated carbocycles. The molecule has 1 aliphatic rings. The van der Waals surface area contributed by atoms with E-state index in [9.17, 15) is 4.79 Å². The fourth-order valence-corrected chi connectivity index (χ4v) is 5.40. The van der Waals surface area contributed by atoms with E-state index in [1.807, 2.05) is 18.0 Å². The van der Waals surface area contributed by atoms with E-state index in [1.165, 1.54) is 40.1 Å². The first kappa shape index (κ1) is 17.5. The molecule has 26 heavy (non-hydrogen) atoms. The highest BCUT2D eigenvalue weighted by atomic mass is 32.2. The number of carbonyl (C=O) groups is 1. The molecule has 0 aromatic heterocycles. The van der Waals surface area contributed by atoms with Crippen LogP contribution < -0.4 is 0 Å². The SMILES string of the molecule is COC(=O)c1c(SC)cc(-c2cccc3ccccc23)c2c1CCSC2. The first-order chi connectivity index (χ1) is 12.7. The van der Waals surface area contributed by atoms with Crippen molar-refractivity contribution in [3.8, 4) is 11.1 Å². The molecule has 0 atom stereocenters. The maximum Gasteiger partial charge on any atom is 0.339 e. The third-order valence-corrected chi connectivity index (χ3v) is 6.69. The lowest BCUT2D eigenvalue weighted by molar-refractivity contribution is 0.0595. The van der Waals surface area contributed by atoms with Crippen LogP contribution in [0.5, 0.6) is 0 Å². The van der Waals surface area contributed by atoms with Gasteiger partial charge in [-0.2, -0.15) is 11.8 Å². The number of carbonyl (C=O) groups excluding carboxylic acids is 1. The molecule has 1 aliphatic heterocycles. The monoisotopic (exact) mass is 380 g/mol. The van der Waals surface area contributed by atoms with Crippen LogP contribution >= 0.6 is 23.5 Å². The molecule has 0 fully saturated rings. The Bertz CT molecular complexity index is 990. The summed E-state index contributed by atoms with van der Waals surface area (Å²) in [6.45, 7) is 0. The van der Waals surface area contributed by atoms with E-state index in [2.05, 4.69) is 48.5 Å². The Labute approximate surface area is 162 Å². The molecule has 4 heteroatoms. The predicted molar refractivity (Wildman–Crippen MR) is 112 cm³/mol. The topological polar surface area (TPSA) is 26.3 Å². The molecule has 0 radical (unpaired) electrons. The fourth-order valence-electron chi connectivity index (χ4n) is 3.73. The van der Waals surface area contributed by atoms with Crippen molar-refractivity contribution in [1.82, 2.24) is 0 Å². The smallest absolute Gasteiger partial charge is 0.339 e. The van der Waals surface area contributed by atoms with Crippen molar-refractivity contribution in [2.45, 2.75) is 17.1 Å². The number of benzene rings is 3. The third kappa shape index (κ3) is 2.91. The van der Waals surface area contributed by atoms with E-state index in [0.717, 1.165) is 28.4 Å². The van der Waals surface area contributed by atoms with E-state index in [1.54, 1.807) is 11.8 Å². The van der Waals surface area contributed by atoms with Gasteiger partial charge in [0.1, 0.15) is 0 Å². The zero-order chi connectivity index (χ0) is 18.1. The van der Waals surface area contributed by atoms with Crippen LogP contribution in [-0.2, 0) is 16.9 Å². The molecule has 0 N–H and O–H groups in total. The van der Waals surface area contributed by atoms with Crippen molar-refractivity contribution < 1.29 is 9.53 Å². The normalized spacial score (nSPS) is 13.5. The van der Waals surface area contributed by atoms with E-state index < -0.39 is 0 Å². The highest BCUT2D eigenvalue weighted by molar-refractivity contribution is 7.99. The van der Waals surface area contributed by atoms with Gasteiger partial charge in [0.2, 0.25) is 0 Å². The Morgan fingerprint density at radius 3 is 2.69 bits per heavy atom. The molecule has 3 aromatic carbocycles. The molecule has 2 nitrogen and oxygen atoms in total. The minimum atomic E-state index is -0.220. The maximum atomic E-state index is 12.5. The molecule has 0 aliphatic carbocycles. The minimum Gasteiger partial charge on any atom is -0.465 e. The summed E-state index contributed by atoms with van der Waals surface area (Å²) in [5.74, 6) is 1.76. The first-order valence-corrected chi connectivity index (χ1v) is 11.0. The number of methoxy groups -OCH3 is 1. The van der Waals surface area contributed by atoms with Gasteiger partial charge in [0.05, 0.1) is 12.7 Å². The number of fused-ring (bicyclic) bond motifs is 2. The molecule has 0 spiro atoms. The minimum absolute atomic E-state index is 0.220. The van der Waals surface area contributed by atoms with Gasteiger partial charge in [0.15, 0.2) is 0 Å². The summed E-state index contributed by atoms with van der Waals surface area (Å²) in [7, 11) is 1.47. The molecule has 3 aromatic rings. The number of thioether (sulfide) groups is 2. The van der Waals surface area contributed by atoms with Gasteiger partial charge in [-0.05, 0) is 57.5 Å². The van der Waals surface area contributed by atoms with Gasteiger partial charge in [0.25, 0.3) is 0 Å². The maximum absolute atomic E-state index is 12.5. The van der Waals surface area contributed by atoms with Crippen molar-refractivity contribution >= 4 is 40.3 Å². The van der Waals surface area contributed by atoms with Gasteiger partial charge in [0, 0.05) is 10.6 Å². The lowest BCUT2D eigenvalue weighted by Gasteiger charge is -2.24. The van der Waals surface area contributed by atoms with Crippen molar-refractivity contribution in [3.05, 3.63) is 65.2 Å². The van der Waals surface area contributed by atoms with Crippen molar-refractivity contribution in [1.29, 1.82) is 0 Å². The first-order valence-electron chi connectivity index (χ1n) is 8.61. The van der Waals surface area contributed by atoms with Crippen LogP contribution in [0.1, 0.15) is 21.5 Å². The molecule has 1 heterocycles. The largest absolute Gasteiger partial charge is 0.465 e. The number of hydrogen-bond acceptors (Lipinski definition) is 4. The van der Waals surface area contributed by atoms with Gasteiger partial charge in [-0.15, -0.1) is 11.8 Å². The van der Waals surface area contributed by atoms with Crippen LogP contribution in [0.4, 0.5) is 0 Å². The molecule has 0 amide bonds. The van der Waals surface area contributed by atoms with E-state index in [0.29, 0.717) is 0 Å². The van der Waals surface area contributed by atoms with E-state index in [-0.39, 0.29) is 5.97 Å².